The first-order valence-electron chi connectivity index (χ1n) is 9.27. The molecule has 2 aromatic rings. The Bertz CT molecular complexity index is 818. The summed E-state index contributed by atoms with van der Waals surface area (Å²) in [5, 5.41) is 0. The molecule has 0 N–H and O–H groups in total. The van der Waals surface area contributed by atoms with Gasteiger partial charge in [0.2, 0.25) is 0 Å². The van der Waals surface area contributed by atoms with E-state index in [0.717, 1.165) is 6.42 Å². The average Bonchev–Trinajstić information content (AvgIpc) is 3.12. The third-order valence-corrected chi connectivity index (χ3v) is 5.05. The van der Waals surface area contributed by atoms with Gasteiger partial charge in [-0.2, -0.15) is 0 Å². The van der Waals surface area contributed by atoms with E-state index < -0.39 is 5.82 Å². The third kappa shape index (κ3) is 4.15. The van der Waals surface area contributed by atoms with E-state index in [4.69, 9.17) is 8.83 Å². The number of aryl methyl sites for hydroxylation is 2. The van der Waals surface area contributed by atoms with Crippen LogP contribution in [0.4, 0.5) is 0 Å². The molecule has 0 bridgehead atoms. The summed E-state index contributed by atoms with van der Waals surface area (Å²) in [6.07, 6.45) is 9.25. The second-order valence-electron chi connectivity index (χ2n) is 8.17. The lowest BCUT2D eigenvalue weighted by Gasteiger charge is -2.24. The van der Waals surface area contributed by atoms with Gasteiger partial charge in [0.25, 0.3) is 0 Å². The van der Waals surface area contributed by atoms with Gasteiger partial charge in [-0.1, -0.05) is 52.0 Å². The highest BCUT2D eigenvalue weighted by atomic mass is 16.6. The molecule has 3 nitrogen and oxygen atoms in total. The lowest BCUT2D eigenvalue weighted by molar-refractivity contribution is 0.366. The van der Waals surface area contributed by atoms with Crippen molar-refractivity contribution in [3.63, 3.8) is 0 Å². The predicted molar refractivity (Wildman–Crippen MR) is 101 cm³/mol. The van der Waals surface area contributed by atoms with Crippen molar-refractivity contribution in [1.82, 2.24) is 0 Å². The third-order valence-electron chi connectivity index (χ3n) is 5.05. The molecule has 3 heteroatoms. The summed E-state index contributed by atoms with van der Waals surface area (Å²) in [5.74, 6) is 0.999. The molecule has 0 saturated heterocycles. The Morgan fingerprint density at radius 3 is 2.68 bits per heavy atom. The van der Waals surface area contributed by atoms with E-state index in [-0.39, 0.29) is 5.41 Å². The van der Waals surface area contributed by atoms with Crippen LogP contribution in [0, 0.1) is 5.92 Å². The zero-order chi connectivity index (χ0) is 18.0. The molecule has 0 unspecified atom stereocenters. The van der Waals surface area contributed by atoms with Gasteiger partial charge >= 0.3 is 5.82 Å². The van der Waals surface area contributed by atoms with Gasteiger partial charge < -0.3 is 8.83 Å². The largest absolute Gasteiger partial charge is 0.519 e. The summed E-state index contributed by atoms with van der Waals surface area (Å²) in [6.45, 7) is 8.71. The highest BCUT2D eigenvalue weighted by molar-refractivity contribution is 5.45. The highest BCUT2D eigenvalue weighted by Gasteiger charge is 2.22. The number of rotatable bonds is 6. The van der Waals surface area contributed by atoms with Crippen LogP contribution in [0.2, 0.25) is 0 Å². The van der Waals surface area contributed by atoms with Crippen LogP contribution < -0.4 is 5.82 Å². The topological polar surface area (TPSA) is 43.4 Å². The van der Waals surface area contributed by atoms with Crippen molar-refractivity contribution in [2.45, 2.75) is 65.2 Å². The number of benzene rings is 1. The van der Waals surface area contributed by atoms with Gasteiger partial charge in [-0.3, -0.25) is 0 Å². The minimum absolute atomic E-state index is 0.0381. The van der Waals surface area contributed by atoms with Gasteiger partial charge in [-0.25, -0.2) is 4.79 Å². The number of hydrogen-bond donors (Lipinski definition) is 0. The van der Waals surface area contributed by atoms with E-state index >= 15 is 0 Å². The summed E-state index contributed by atoms with van der Waals surface area (Å²) in [7, 11) is 0. The Labute approximate surface area is 149 Å². The molecule has 0 radical (unpaired) electrons. The van der Waals surface area contributed by atoms with Crippen molar-refractivity contribution in [3.8, 4) is 0 Å². The van der Waals surface area contributed by atoms with Gasteiger partial charge in [0.05, 0.1) is 0 Å². The standard InChI is InChI=1S/C22H28O3/c1-15(2)13-20-19(24-21(23)25-20)9-6-12-22(3,4)18-11-10-16-7-5-8-17(16)14-18/h6,9-11,14-15H,5,7-8,12-13H2,1-4H3/b9-6+. The van der Waals surface area contributed by atoms with Crippen LogP contribution >= 0.6 is 0 Å². The fraction of sp³-hybridized carbons (Fsp3) is 0.500. The van der Waals surface area contributed by atoms with E-state index in [1.807, 2.05) is 6.08 Å². The second kappa shape index (κ2) is 7.07. The molecular formula is C22H28O3. The van der Waals surface area contributed by atoms with E-state index in [1.165, 1.54) is 36.0 Å². The minimum atomic E-state index is -0.617. The number of allylic oxidation sites excluding steroid dienone is 1. The summed E-state index contributed by atoms with van der Waals surface area (Å²) in [5.41, 5.74) is 4.42. The van der Waals surface area contributed by atoms with Crippen LogP contribution in [-0.2, 0) is 24.7 Å². The molecule has 3 rings (SSSR count). The van der Waals surface area contributed by atoms with Gasteiger partial charge in [0, 0.05) is 6.42 Å². The summed E-state index contributed by atoms with van der Waals surface area (Å²) in [6, 6.07) is 6.93. The lowest BCUT2D eigenvalue weighted by atomic mass is 9.80. The first-order valence-corrected chi connectivity index (χ1v) is 9.27. The highest BCUT2D eigenvalue weighted by Crippen LogP contribution is 2.32. The first-order chi connectivity index (χ1) is 11.8. The minimum Gasteiger partial charge on any atom is -0.395 e. The molecule has 0 saturated carbocycles. The summed E-state index contributed by atoms with van der Waals surface area (Å²) < 4.78 is 10.4. The van der Waals surface area contributed by atoms with Gasteiger partial charge in [0.15, 0.2) is 11.5 Å². The Kier molecular flexibility index (Phi) is 5.03. The van der Waals surface area contributed by atoms with Gasteiger partial charge in [0.1, 0.15) is 0 Å². The van der Waals surface area contributed by atoms with Crippen molar-refractivity contribution in [1.29, 1.82) is 0 Å². The molecule has 0 amide bonds. The van der Waals surface area contributed by atoms with Crippen LogP contribution in [0.5, 0.6) is 0 Å². The molecule has 1 aromatic carbocycles. The molecule has 1 aliphatic carbocycles. The monoisotopic (exact) mass is 340 g/mol. The van der Waals surface area contributed by atoms with E-state index in [2.05, 4.69) is 52.0 Å². The number of fused-ring (bicyclic) bond motifs is 1. The zero-order valence-corrected chi connectivity index (χ0v) is 15.7. The lowest BCUT2D eigenvalue weighted by Crippen LogP contribution is -2.16. The van der Waals surface area contributed by atoms with Crippen molar-refractivity contribution >= 4 is 6.08 Å². The first kappa shape index (κ1) is 17.8. The fourth-order valence-electron chi connectivity index (χ4n) is 3.53. The second-order valence-corrected chi connectivity index (χ2v) is 8.17. The van der Waals surface area contributed by atoms with Crippen molar-refractivity contribution in [3.05, 3.63) is 63.1 Å². The maximum absolute atomic E-state index is 11.4. The Balaban J connectivity index is 1.74. The smallest absolute Gasteiger partial charge is 0.395 e. The van der Waals surface area contributed by atoms with Crippen molar-refractivity contribution in [2.24, 2.45) is 5.92 Å². The summed E-state index contributed by atoms with van der Waals surface area (Å²) >= 11 is 0. The van der Waals surface area contributed by atoms with E-state index in [1.54, 1.807) is 0 Å². The molecule has 0 aliphatic heterocycles. The normalized spacial score (nSPS) is 14.6. The Hall–Kier alpha value is -2.03. The van der Waals surface area contributed by atoms with Crippen LogP contribution in [0.1, 0.15) is 68.7 Å². The molecule has 25 heavy (non-hydrogen) atoms. The van der Waals surface area contributed by atoms with Crippen LogP contribution in [0.3, 0.4) is 0 Å². The fourth-order valence-corrected chi connectivity index (χ4v) is 3.53. The molecule has 0 spiro atoms. The van der Waals surface area contributed by atoms with E-state index in [9.17, 15) is 4.79 Å². The van der Waals surface area contributed by atoms with E-state index in [0.29, 0.717) is 23.9 Å². The zero-order valence-electron chi connectivity index (χ0n) is 15.7. The quantitative estimate of drug-likeness (QED) is 0.716. The van der Waals surface area contributed by atoms with Crippen molar-refractivity contribution < 1.29 is 8.83 Å². The molecular weight excluding hydrogens is 312 g/mol. The molecule has 1 heterocycles. The predicted octanol–water partition coefficient (Wildman–Crippen LogP) is 5.30. The molecule has 1 aromatic heterocycles. The maximum Gasteiger partial charge on any atom is 0.519 e. The van der Waals surface area contributed by atoms with Crippen LogP contribution in [0.15, 0.2) is 37.9 Å². The maximum atomic E-state index is 11.4. The Morgan fingerprint density at radius 1 is 1.16 bits per heavy atom. The molecule has 0 atom stereocenters. The molecule has 1 aliphatic rings. The molecule has 134 valence electrons. The summed E-state index contributed by atoms with van der Waals surface area (Å²) in [4.78, 5) is 11.4. The van der Waals surface area contributed by atoms with Gasteiger partial charge in [-0.15, -0.1) is 0 Å². The Morgan fingerprint density at radius 2 is 1.92 bits per heavy atom. The average molecular weight is 340 g/mol. The SMILES string of the molecule is CC(C)Cc1oc(=O)oc1/C=C/CC(C)(C)c1ccc2c(c1)CCC2. The van der Waals surface area contributed by atoms with Crippen LogP contribution in [-0.4, -0.2) is 0 Å². The van der Waals surface area contributed by atoms with Crippen molar-refractivity contribution in [2.75, 3.05) is 0 Å². The van der Waals surface area contributed by atoms with Gasteiger partial charge in [-0.05, 0) is 59.8 Å². The molecule has 0 fully saturated rings. The van der Waals surface area contributed by atoms with Crippen LogP contribution in [0.25, 0.3) is 6.08 Å². The number of hydrogen-bond acceptors (Lipinski definition) is 3.